The quantitative estimate of drug-likeness (QED) is 0.251. The number of esters is 1. The SMILES string of the molecule is CCCCCCCC(=O)OC(C)COC(C)C(=O)CCCCCCC. The zero-order valence-corrected chi connectivity index (χ0v) is 17.0. The Balaban J connectivity index is 3.72. The summed E-state index contributed by atoms with van der Waals surface area (Å²) in [7, 11) is 0. The number of rotatable bonds is 17. The molecule has 0 aromatic rings. The molecule has 0 aliphatic carbocycles. The van der Waals surface area contributed by atoms with Crippen LogP contribution in [-0.2, 0) is 19.1 Å². The number of hydrogen-bond donors (Lipinski definition) is 0. The van der Waals surface area contributed by atoms with Crippen LogP contribution in [0.15, 0.2) is 0 Å². The van der Waals surface area contributed by atoms with Crippen molar-refractivity contribution in [3.05, 3.63) is 0 Å². The Hall–Kier alpha value is -0.900. The van der Waals surface area contributed by atoms with Gasteiger partial charge >= 0.3 is 5.97 Å². The largest absolute Gasteiger partial charge is 0.460 e. The van der Waals surface area contributed by atoms with Gasteiger partial charge in [0, 0.05) is 12.8 Å². The van der Waals surface area contributed by atoms with Crippen molar-refractivity contribution in [3.8, 4) is 0 Å². The average molecular weight is 357 g/mol. The number of hydrogen-bond acceptors (Lipinski definition) is 4. The van der Waals surface area contributed by atoms with Crippen molar-refractivity contribution in [1.82, 2.24) is 0 Å². The summed E-state index contributed by atoms with van der Waals surface area (Å²) in [6.45, 7) is 8.24. The Morgan fingerprint density at radius 1 is 0.760 bits per heavy atom. The Labute approximate surface area is 155 Å². The van der Waals surface area contributed by atoms with Crippen molar-refractivity contribution in [2.45, 2.75) is 117 Å². The molecule has 2 unspecified atom stereocenters. The Morgan fingerprint density at radius 3 is 1.84 bits per heavy atom. The first-order valence-corrected chi connectivity index (χ1v) is 10.3. The lowest BCUT2D eigenvalue weighted by Crippen LogP contribution is -2.27. The maximum absolute atomic E-state index is 12.0. The fourth-order valence-electron chi connectivity index (χ4n) is 2.67. The van der Waals surface area contributed by atoms with Crippen molar-refractivity contribution in [3.63, 3.8) is 0 Å². The first kappa shape index (κ1) is 24.1. The highest BCUT2D eigenvalue weighted by Gasteiger charge is 2.16. The van der Waals surface area contributed by atoms with Gasteiger partial charge in [-0.05, 0) is 26.7 Å². The molecule has 25 heavy (non-hydrogen) atoms. The molecule has 0 radical (unpaired) electrons. The van der Waals surface area contributed by atoms with Crippen LogP contribution in [0.4, 0.5) is 0 Å². The third-order valence-electron chi connectivity index (χ3n) is 4.38. The van der Waals surface area contributed by atoms with E-state index in [1.807, 2.05) is 6.92 Å². The molecular formula is C21H40O4. The lowest BCUT2D eigenvalue weighted by Gasteiger charge is -2.17. The van der Waals surface area contributed by atoms with Crippen molar-refractivity contribution < 1.29 is 19.1 Å². The van der Waals surface area contributed by atoms with E-state index in [4.69, 9.17) is 9.47 Å². The molecule has 0 aromatic carbocycles. The van der Waals surface area contributed by atoms with Crippen LogP contribution < -0.4 is 0 Å². The number of carbonyl (C=O) groups is 2. The third-order valence-corrected chi connectivity index (χ3v) is 4.38. The van der Waals surface area contributed by atoms with Gasteiger partial charge in [0.05, 0.1) is 6.61 Å². The maximum Gasteiger partial charge on any atom is 0.306 e. The van der Waals surface area contributed by atoms with Gasteiger partial charge in [0.15, 0.2) is 5.78 Å². The predicted molar refractivity (Wildman–Crippen MR) is 103 cm³/mol. The maximum atomic E-state index is 12.0. The van der Waals surface area contributed by atoms with E-state index in [-0.39, 0.29) is 24.5 Å². The zero-order valence-electron chi connectivity index (χ0n) is 17.0. The van der Waals surface area contributed by atoms with E-state index in [0.29, 0.717) is 12.8 Å². The summed E-state index contributed by atoms with van der Waals surface area (Å²) in [5.74, 6) is -0.0200. The fourth-order valence-corrected chi connectivity index (χ4v) is 2.67. The van der Waals surface area contributed by atoms with Gasteiger partial charge in [-0.2, -0.15) is 0 Å². The molecule has 0 aliphatic heterocycles. The normalized spacial score (nSPS) is 13.4. The van der Waals surface area contributed by atoms with Crippen LogP contribution in [0.2, 0.25) is 0 Å². The second-order valence-corrected chi connectivity index (χ2v) is 7.07. The third kappa shape index (κ3) is 15.1. The summed E-state index contributed by atoms with van der Waals surface area (Å²) in [5, 5.41) is 0. The smallest absolute Gasteiger partial charge is 0.306 e. The molecule has 2 atom stereocenters. The van der Waals surface area contributed by atoms with Crippen LogP contribution >= 0.6 is 0 Å². The summed E-state index contributed by atoms with van der Waals surface area (Å²) >= 11 is 0. The van der Waals surface area contributed by atoms with E-state index in [9.17, 15) is 9.59 Å². The average Bonchev–Trinajstić information content (AvgIpc) is 2.59. The minimum absolute atomic E-state index is 0.144. The predicted octanol–water partition coefficient (Wildman–Crippen LogP) is 5.61. The van der Waals surface area contributed by atoms with Crippen molar-refractivity contribution in [2.75, 3.05) is 6.61 Å². The molecule has 0 spiro atoms. The molecule has 4 nitrogen and oxygen atoms in total. The van der Waals surface area contributed by atoms with Crippen LogP contribution in [0.1, 0.15) is 105 Å². The highest BCUT2D eigenvalue weighted by molar-refractivity contribution is 5.82. The van der Waals surface area contributed by atoms with Gasteiger partial charge < -0.3 is 9.47 Å². The number of unbranched alkanes of at least 4 members (excludes halogenated alkanes) is 8. The van der Waals surface area contributed by atoms with E-state index >= 15 is 0 Å². The number of ether oxygens (including phenoxy) is 2. The van der Waals surface area contributed by atoms with E-state index in [2.05, 4.69) is 13.8 Å². The molecule has 0 bridgehead atoms. The summed E-state index contributed by atoms with van der Waals surface area (Å²) in [6, 6.07) is 0. The summed E-state index contributed by atoms with van der Waals surface area (Å²) in [5.41, 5.74) is 0. The molecule has 0 N–H and O–H groups in total. The molecule has 0 amide bonds. The molecule has 0 saturated carbocycles. The van der Waals surface area contributed by atoms with Crippen LogP contribution in [0.25, 0.3) is 0 Å². The molecule has 0 rings (SSSR count). The van der Waals surface area contributed by atoms with Gasteiger partial charge in [-0.1, -0.05) is 65.2 Å². The molecule has 0 fully saturated rings. The molecular weight excluding hydrogens is 316 g/mol. The van der Waals surface area contributed by atoms with Crippen LogP contribution in [0, 0.1) is 0 Å². The van der Waals surface area contributed by atoms with E-state index in [1.54, 1.807) is 6.92 Å². The number of Topliss-reactive ketones (excluding diaryl/α,β-unsaturated/α-hetero) is 1. The first-order chi connectivity index (χ1) is 12.0. The number of ketones is 1. The molecule has 0 aromatic heterocycles. The van der Waals surface area contributed by atoms with Crippen LogP contribution in [-0.4, -0.2) is 30.6 Å². The van der Waals surface area contributed by atoms with Gasteiger partial charge in [0.2, 0.25) is 0 Å². The summed E-state index contributed by atoms with van der Waals surface area (Å²) in [6.07, 6.45) is 11.6. The van der Waals surface area contributed by atoms with Crippen molar-refractivity contribution in [1.29, 1.82) is 0 Å². The minimum atomic E-state index is -0.415. The lowest BCUT2D eigenvalue weighted by atomic mass is 10.1. The van der Waals surface area contributed by atoms with E-state index in [1.165, 1.54) is 38.5 Å². The lowest BCUT2D eigenvalue weighted by molar-refractivity contribution is -0.153. The van der Waals surface area contributed by atoms with Crippen LogP contribution in [0.3, 0.4) is 0 Å². The van der Waals surface area contributed by atoms with E-state index < -0.39 is 6.10 Å². The first-order valence-electron chi connectivity index (χ1n) is 10.3. The van der Waals surface area contributed by atoms with Gasteiger partial charge in [-0.25, -0.2) is 0 Å². The Bertz CT molecular complexity index is 341. The Kier molecular flexibility index (Phi) is 16.0. The van der Waals surface area contributed by atoms with Crippen molar-refractivity contribution in [2.24, 2.45) is 0 Å². The molecule has 4 heteroatoms. The highest BCUT2D eigenvalue weighted by Crippen LogP contribution is 2.09. The molecule has 148 valence electrons. The number of carbonyl (C=O) groups excluding carboxylic acids is 2. The van der Waals surface area contributed by atoms with Crippen molar-refractivity contribution >= 4 is 11.8 Å². The summed E-state index contributed by atoms with van der Waals surface area (Å²) < 4.78 is 10.9. The van der Waals surface area contributed by atoms with Gasteiger partial charge in [-0.3, -0.25) is 9.59 Å². The summed E-state index contributed by atoms with van der Waals surface area (Å²) in [4.78, 5) is 23.8. The molecule has 0 saturated heterocycles. The fraction of sp³-hybridized carbons (Fsp3) is 0.905. The topological polar surface area (TPSA) is 52.6 Å². The van der Waals surface area contributed by atoms with Gasteiger partial charge in [0.1, 0.15) is 12.2 Å². The van der Waals surface area contributed by atoms with Gasteiger partial charge in [0.25, 0.3) is 0 Å². The van der Waals surface area contributed by atoms with Crippen LogP contribution in [0.5, 0.6) is 0 Å². The molecule has 0 heterocycles. The zero-order chi connectivity index (χ0) is 18.9. The monoisotopic (exact) mass is 356 g/mol. The second kappa shape index (κ2) is 16.6. The Morgan fingerprint density at radius 2 is 1.28 bits per heavy atom. The minimum Gasteiger partial charge on any atom is -0.460 e. The standard InChI is InChI=1S/C21H40O4/c1-5-7-9-11-13-15-20(22)19(4)24-17-18(3)25-21(23)16-14-12-10-8-6-2/h18-19H,5-17H2,1-4H3. The second-order valence-electron chi connectivity index (χ2n) is 7.07. The van der Waals surface area contributed by atoms with Gasteiger partial charge in [-0.15, -0.1) is 0 Å². The highest BCUT2D eigenvalue weighted by atomic mass is 16.6. The molecule has 0 aliphatic rings. The van der Waals surface area contributed by atoms with E-state index in [0.717, 1.165) is 25.7 Å².